The van der Waals surface area contributed by atoms with Gasteiger partial charge in [-0.3, -0.25) is 18.6 Å². The first-order chi connectivity index (χ1) is 31.0. The average molecular weight is 921 g/mol. The van der Waals surface area contributed by atoms with Gasteiger partial charge in [0.15, 0.2) is 6.10 Å². The lowest BCUT2D eigenvalue weighted by Crippen LogP contribution is -2.37. The van der Waals surface area contributed by atoms with Crippen LogP contribution < -0.4 is 0 Å². The van der Waals surface area contributed by atoms with Gasteiger partial charge in [-0.25, -0.2) is 4.57 Å². The summed E-state index contributed by atoms with van der Waals surface area (Å²) in [6, 6.07) is 0. The minimum absolute atomic E-state index is 0.0297. The maximum Gasteiger partial charge on any atom is 0.472 e. The monoisotopic (exact) mass is 921 g/mol. The Kier molecular flexibility index (Phi) is 44.2. The van der Waals surface area contributed by atoms with E-state index < -0.39 is 26.5 Å². The van der Waals surface area contributed by atoms with E-state index in [9.17, 15) is 19.0 Å². The molecule has 0 amide bonds. The minimum atomic E-state index is -4.38. The van der Waals surface area contributed by atoms with E-state index >= 15 is 0 Å². The lowest BCUT2D eigenvalue weighted by molar-refractivity contribution is -0.870. The van der Waals surface area contributed by atoms with Crippen LogP contribution in [0.2, 0.25) is 0 Å². The van der Waals surface area contributed by atoms with Crippen molar-refractivity contribution in [2.75, 3.05) is 47.5 Å². The lowest BCUT2D eigenvalue weighted by Gasteiger charge is -2.24. The fraction of sp³-hybridized carbons (Fsp3) is 0.778. The topological polar surface area (TPSA) is 108 Å². The van der Waals surface area contributed by atoms with Crippen LogP contribution in [0.1, 0.15) is 219 Å². The van der Waals surface area contributed by atoms with Crippen molar-refractivity contribution in [1.82, 2.24) is 0 Å². The molecule has 0 bridgehead atoms. The number of allylic oxidation sites excluding steroid dienone is 10. The summed E-state index contributed by atoms with van der Waals surface area (Å²) in [7, 11) is 1.47. The molecular formula is C54H99NO8P+. The first-order valence-corrected chi connectivity index (χ1v) is 27.5. The summed E-state index contributed by atoms with van der Waals surface area (Å²) >= 11 is 0. The number of carbonyl (C=O) groups is 2. The number of rotatable bonds is 47. The molecule has 0 aliphatic carbocycles. The van der Waals surface area contributed by atoms with Crippen LogP contribution in [0.15, 0.2) is 60.8 Å². The number of phosphoric acid groups is 1. The van der Waals surface area contributed by atoms with Crippen molar-refractivity contribution < 1.29 is 42.1 Å². The standard InChI is InChI=1S/C54H98NO8P/c1-6-8-10-12-14-16-18-19-20-21-22-23-24-25-26-27-28-29-30-31-32-33-34-35-37-39-41-43-45-47-54(57)63-52(51-62-64(58,59)61-49-48-55(3,4)5)50-60-53(56)46-44-42-40-38-36-17-15-13-11-9-7-2/h8,10,13-16,19-20,22-23,52H,6-7,9,11-12,17-18,21,24-51H2,1-5H3/p+1/b10-8-,15-13-,16-14-,20-19-,23-22-. The smallest absolute Gasteiger partial charge is 0.462 e. The van der Waals surface area contributed by atoms with Gasteiger partial charge >= 0.3 is 19.8 Å². The number of hydrogen-bond donors (Lipinski definition) is 1. The van der Waals surface area contributed by atoms with E-state index in [1.165, 1.54) is 103 Å². The highest BCUT2D eigenvalue weighted by Crippen LogP contribution is 2.43. The second-order valence-corrected chi connectivity index (χ2v) is 20.0. The molecule has 2 atom stereocenters. The van der Waals surface area contributed by atoms with Gasteiger partial charge in [0.1, 0.15) is 19.8 Å². The van der Waals surface area contributed by atoms with Gasteiger partial charge < -0.3 is 18.9 Å². The Balaban J connectivity index is 4.08. The normalized spacial score (nSPS) is 13.9. The zero-order valence-corrected chi connectivity index (χ0v) is 42.9. The second-order valence-electron chi connectivity index (χ2n) is 18.5. The third-order valence-electron chi connectivity index (χ3n) is 11.0. The van der Waals surface area contributed by atoms with E-state index in [0.717, 1.165) is 83.5 Å². The molecule has 0 fully saturated rings. The largest absolute Gasteiger partial charge is 0.472 e. The van der Waals surface area contributed by atoms with Crippen molar-refractivity contribution in [3.05, 3.63) is 60.8 Å². The molecule has 9 nitrogen and oxygen atoms in total. The fourth-order valence-electron chi connectivity index (χ4n) is 6.99. The van der Waals surface area contributed by atoms with Gasteiger partial charge in [0.05, 0.1) is 27.7 Å². The van der Waals surface area contributed by atoms with Crippen LogP contribution in [0.25, 0.3) is 0 Å². The Bertz CT molecular complexity index is 1270. The van der Waals surface area contributed by atoms with Crippen molar-refractivity contribution in [3.63, 3.8) is 0 Å². The highest BCUT2D eigenvalue weighted by Gasteiger charge is 2.27. The first kappa shape index (κ1) is 61.7. The third-order valence-corrected chi connectivity index (χ3v) is 12.0. The van der Waals surface area contributed by atoms with Gasteiger partial charge in [-0.2, -0.15) is 0 Å². The predicted molar refractivity (Wildman–Crippen MR) is 270 cm³/mol. The van der Waals surface area contributed by atoms with Crippen LogP contribution in [-0.2, 0) is 32.7 Å². The van der Waals surface area contributed by atoms with E-state index in [2.05, 4.69) is 74.6 Å². The molecule has 0 saturated carbocycles. The quantitative estimate of drug-likeness (QED) is 0.0211. The summed E-state index contributed by atoms with van der Waals surface area (Å²) < 4.78 is 34.4. The average Bonchev–Trinajstić information content (AvgIpc) is 3.25. The Morgan fingerprint density at radius 3 is 1.34 bits per heavy atom. The van der Waals surface area contributed by atoms with E-state index in [1.54, 1.807) is 0 Å². The zero-order valence-electron chi connectivity index (χ0n) is 42.0. The molecule has 0 aromatic carbocycles. The molecule has 0 radical (unpaired) electrons. The Labute approximate surface area is 394 Å². The fourth-order valence-corrected chi connectivity index (χ4v) is 7.73. The van der Waals surface area contributed by atoms with Crippen LogP contribution in [0.4, 0.5) is 0 Å². The number of carbonyl (C=O) groups excluding carboxylic acids is 2. The number of hydrogen-bond acceptors (Lipinski definition) is 7. The summed E-state index contributed by atoms with van der Waals surface area (Å²) in [4.78, 5) is 35.5. The van der Waals surface area contributed by atoms with Crippen LogP contribution in [0, 0.1) is 0 Å². The molecule has 1 N–H and O–H groups in total. The Morgan fingerprint density at radius 1 is 0.500 bits per heavy atom. The number of nitrogens with zero attached hydrogens (tertiary/aromatic N) is 1. The van der Waals surface area contributed by atoms with Gasteiger partial charge in [0.25, 0.3) is 0 Å². The second kappa shape index (κ2) is 45.8. The highest BCUT2D eigenvalue weighted by molar-refractivity contribution is 7.47. The van der Waals surface area contributed by atoms with Gasteiger partial charge in [-0.15, -0.1) is 0 Å². The van der Waals surface area contributed by atoms with Crippen molar-refractivity contribution in [2.24, 2.45) is 0 Å². The molecule has 0 saturated heterocycles. The summed E-state index contributed by atoms with van der Waals surface area (Å²) in [5.74, 6) is -0.807. The summed E-state index contributed by atoms with van der Waals surface area (Å²) in [5.41, 5.74) is 0. The van der Waals surface area contributed by atoms with E-state index in [0.29, 0.717) is 17.4 Å². The molecule has 10 heteroatoms. The summed E-state index contributed by atoms with van der Waals surface area (Å²) in [6.45, 7) is 4.27. The molecule has 0 spiro atoms. The number of quaternary nitrogens is 1. The maximum atomic E-state index is 12.7. The van der Waals surface area contributed by atoms with Gasteiger partial charge in [-0.1, -0.05) is 197 Å². The number of phosphoric ester groups is 1. The molecule has 0 aliphatic rings. The van der Waals surface area contributed by atoms with Gasteiger partial charge in [-0.05, 0) is 70.6 Å². The molecule has 0 aromatic heterocycles. The first-order valence-electron chi connectivity index (χ1n) is 26.0. The van der Waals surface area contributed by atoms with Crippen molar-refractivity contribution >= 4 is 19.8 Å². The molecular weight excluding hydrogens is 822 g/mol. The number of esters is 2. The molecule has 0 aliphatic heterocycles. The molecule has 0 heterocycles. The molecule has 64 heavy (non-hydrogen) atoms. The van der Waals surface area contributed by atoms with Crippen molar-refractivity contribution in [3.8, 4) is 0 Å². The Hall–Kier alpha value is -2.29. The number of likely N-dealkylation sites (N-methyl/N-ethyl adjacent to an activating group) is 1. The van der Waals surface area contributed by atoms with E-state index in [1.807, 2.05) is 21.1 Å². The Morgan fingerprint density at radius 2 is 0.891 bits per heavy atom. The molecule has 372 valence electrons. The predicted octanol–water partition coefficient (Wildman–Crippen LogP) is 15.6. The lowest BCUT2D eigenvalue weighted by atomic mass is 10.0. The van der Waals surface area contributed by atoms with Crippen molar-refractivity contribution in [1.29, 1.82) is 0 Å². The van der Waals surface area contributed by atoms with Crippen LogP contribution >= 0.6 is 7.82 Å². The van der Waals surface area contributed by atoms with Crippen LogP contribution in [0.3, 0.4) is 0 Å². The zero-order chi connectivity index (χ0) is 47.1. The number of ether oxygens (including phenoxy) is 2. The third kappa shape index (κ3) is 49.2. The number of unbranched alkanes of at least 4 members (excludes halogenated alkanes) is 23. The van der Waals surface area contributed by atoms with Gasteiger partial charge in [0, 0.05) is 12.8 Å². The van der Waals surface area contributed by atoms with E-state index in [4.69, 9.17) is 18.5 Å². The van der Waals surface area contributed by atoms with E-state index in [-0.39, 0.29) is 32.0 Å². The SMILES string of the molecule is CC/C=C\C/C=C\C/C=C\C/C=C\CCCCCCCCCCCCCCCCCCC(=O)OC(COC(=O)CCCCCCC/C=C\CCCC)COP(=O)(O)OCC[N+](C)(C)C. The summed E-state index contributed by atoms with van der Waals surface area (Å²) in [5, 5.41) is 0. The molecule has 0 aromatic rings. The molecule has 0 rings (SSSR count). The van der Waals surface area contributed by atoms with Crippen molar-refractivity contribution in [2.45, 2.75) is 225 Å². The van der Waals surface area contributed by atoms with Gasteiger partial charge in [0.2, 0.25) is 0 Å². The van der Waals surface area contributed by atoms with Crippen LogP contribution in [0.5, 0.6) is 0 Å². The summed E-state index contributed by atoms with van der Waals surface area (Å²) in [6.07, 6.45) is 57.2. The molecule has 2 unspecified atom stereocenters. The maximum absolute atomic E-state index is 12.7. The highest BCUT2D eigenvalue weighted by atomic mass is 31.2. The van der Waals surface area contributed by atoms with Crippen LogP contribution in [-0.4, -0.2) is 74.9 Å². The minimum Gasteiger partial charge on any atom is -0.462 e.